The lowest BCUT2D eigenvalue weighted by Gasteiger charge is -2.36. The van der Waals surface area contributed by atoms with Crippen LogP contribution in [-0.2, 0) is 25.2 Å². The number of alkyl halides is 3. The molecule has 0 aliphatic carbocycles. The zero-order chi connectivity index (χ0) is 42.1. The molecule has 5 N–H and O–H groups in total. The van der Waals surface area contributed by atoms with E-state index in [9.17, 15) is 32.3 Å². The van der Waals surface area contributed by atoms with Crippen LogP contribution in [0, 0.1) is 11.8 Å². The molecule has 3 aromatic heterocycles. The largest absolute Gasteiger partial charge is 0.453 e. The number of carbonyl (C=O) groups excluding carboxylic acids is 4. The second kappa shape index (κ2) is 16.5. The standard InChI is InChI=1S/C39H47F3N10O6/c1-20(2)28(49-37(56)57-6)34(53)51-15-7-10-27(51)33-48-29(30(50-33)39(40,41)42)22-11-13-23(14-12-22)31-44-17-24(18-45-31)25-19-46-32(47-25)26-9-8-16-52(26)35(54)38(5,21(3)4)58-36(43)55/h11-14,17-21,26-28H,7-10,15-16H2,1-6H3,(H2,43,55)(H,46,47)(H,48,50)(H,49,56)/t26-,27-,28-,38-/m0/s1. The first-order valence-corrected chi connectivity index (χ1v) is 19.0. The first-order chi connectivity index (χ1) is 27.4. The van der Waals surface area contributed by atoms with Gasteiger partial charge in [-0.1, -0.05) is 52.0 Å². The van der Waals surface area contributed by atoms with Crippen LogP contribution in [0.2, 0.25) is 0 Å². The molecule has 0 bridgehead atoms. The van der Waals surface area contributed by atoms with Crippen molar-refractivity contribution in [2.24, 2.45) is 17.6 Å². The molecule has 0 spiro atoms. The molecule has 2 aliphatic heterocycles. The predicted molar refractivity (Wildman–Crippen MR) is 203 cm³/mol. The molecule has 0 saturated carbocycles. The zero-order valence-corrected chi connectivity index (χ0v) is 33.0. The molecule has 2 aliphatic rings. The van der Waals surface area contributed by atoms with E-state index in [4.69, 9.17) is 10.5 Å². The van der Waals surface area contributed by atoms with E-state index in [1.165, 1.54) is 24.1 Å². The van der Waals surface area contributed by atoms with Gasteiger partial charge in [0.15, 0.2) is 17.1 Å². The molecule has 0 radical (unpaired) electrons. The molecule has 5 heterocycles. The number of benzene rings is 1. The highest BCUT2D eigenvalue weighted by Crippen LogP contribution is 2.40. The van der Waals surface area contributed by atoms with Crippen LogP contribution in [-0.4, -0.2) is 95.5 Å². The quantitative estimate of drug-likeness (QED) is 0.135. The normalized spacial score (nSPS) is 18.7. The van der Waals surface area contributed by atoms with Gasteiger partial charge in [0.1, 0.15) is 17.7 Å². The number of primary amides is 1. The Morgan fingerprint density at radius 1 is 0.862 bits per heavy atom. The minimum atomic E-state index is -4.80. The number of alkyl carbamates (subject to hydrolysis) is 1. The Bertz CT molecular complexity index is 2140. The van der Waals surface area contributed by atoms with Crippen molar-refractivity contribution in [2.75, 3.05) is 20.2 Å². The average Bonchev–Trinajstić information content (AvgIpc) is 4.02. The zero-order valence-electron chi connectivity index (χ0n) is 33.0. The summed E-state index contributed by atoms with van der Waals surface area (Å²) < 4.78 is 53.2. The fourth-order valence-corrected chi connectivity index (χ4v) is 7.41. The summed E-state index contributed by atoms with van der Waals surface area (Å²) >= 11 is 0. The lowest BCUT2D eigenvalue weighted by molar-refractivity contribution is -0.155. The summed E-state index contributed by atoms with van der Waals surface area (Å²) in [7, 11) is 1.18. The van der Waals surface area contributed by atoms with Gasteiger partial charge in [0.25, 0.3) is 5.91 Å². The molecule has 16 nitrogen and oxygen atoms in total. The molecule has 2 saturated heterocycles. The van der Waals surface area contributed by atoms with Gasteiger partial charge in [-0.15, -0.1) is 0 Å². The maximum Gasteiger partial charge on any atom is 0.435 e. The first-order valence-electron chi connectivity index (χ1n) is 19.0. The highest BCUT2D eigenvalue weighted by molar-refractivity contribution is 5.88. The number of nitrogens with two attached hydrogens (primary N) is 1. The van der Waals surface area contributed by atoms with Crippen LogP contribution in [0.25, 0.3) is 33.9 Å². The Labute approximate surface area is 332 Å². The van der Waals surface area contributed by atoms with Gasteiger partial charge in [-0.05, 0) is 38.5 Å². The van der Waals surface area contributed by atoms with Crippen molar-refractivity contribution in [2.45, 2.75) is 90.2 Å². The van der Waals surface area contributed by atoms with E-state index in [1.807, 2.05) is 0 Å². The lowest BCUT2D eigenvalue weighted by Crippen LogP contribution is -2.53. The van der Waals surface area contributed by atoms with Crippen molar-refractivity contribution in [1.29, 1.82) is 0 Å². The molecular formula is C39H47F3N10O6. The fraction of sp³-hybridized carbons (Fsp3) is 0.487. The van der Waals surface area contributed by atoms with Crippen molar-refractivity contribution in [3.8, 4) is 33.9 Å². The van der Waals surface area contributed by atoms with Gasteiger partial charge in [0.2, 0.25) is 5.91 Å². The van der Waals surface area contributed by atoms with Gasteiger partial charge in [-0.3, -0.25) is 9.59 Å². The lowest BCUT2D eigenvalue weighted by atomic mass is 9.90. The number of imidazole rings is 2. The van der Waals surface area contributed by atoms with Crippen LogP contribution in [0.15, 0.2) is 42.9 Å². The number of halogens is 3. The number of rotatable bonds is 11. The molecule has 0 unspecified atom stereocenters. The summed E-state index contributed by atoms with van der Waals surface area (Å²) in [4.78, 5) is 77.5. The van der Waals surface area contributed by atoms with Crippen molar-refractivity contribution in [1.82, 2.24) is 45.0 Å². The molecule has 6 rings (SSSR count). The Kier molecular flexibility index (Phi) is 11.8. The van der Waals surface area contributed by atoms with Gasteiger partial charge < -0.3 is 40.3 Å². The van der Waals surface area contributed by atoms with Crippen molar-refractivity contribution >= 4 is 24.0 Å². The predicted octanol–water partition coefficient (Wildman–Crippen LogP) is 6.16. The number of carbonyl (C=O) groups is 4. The van der Waals surface area contributed by atoms with Gasteiger partial charge in [-0.2, -0.15) is 13.2 Å². The average molecular weight is 809 g/mol. The van der Waals surface area contributed by atoms with E-state index in [0.29, 0.717) is 54.3 Å². The number of aromatic nitrogens is 6. The Morgan fingerprint density at radius 3 is 2.03 bits per heavy atom. The molecule has 19 heteroatoms. The smallest absolute Gasteiger partial charge is 0.435 e. The summed E-state index contributed by atoms with van der Waals surface area (Å²) in [6.07, 6.45) is 0.475. The number of hydrogen-bond acceptors (Lipinski definition) is 10. The summed E-state index contributed by atoms with van der Waals surface area (Å²) in [5.41, 5.74) is 4.47. The highest BCUT2D eigenvalue weighted by atomic mass is 19.4. The Balaban J connectivity index is 1.19. The van der Waals surface area contributed by atoms with Crippen molar-refractivity contribution in [3.05, 3.63) is 60.2 Å². The fourth-order valence-electron chi connectivity index (χ4n) is 7.41. The van der Waals surface area contributed by atoms with E-state index in [-0.39, 0.29) is 47.4 Å². The maximum absolute atomic E-state index is 14.4. The van der Waals surface area contributed by atoms with Crippen molar-refractivity contribution < 1.29 is 41.8 Å². The number of H-pyrrole nitrogens is 2. The minimum absolute atomic E-state index is 0.00270. The molecule has 1 aromatic carbocycles. The van der Waals surface area contributed by atoms with Crippen LogP contribution < -0.4 is 11.1 Å². The minimum Gasteiger partial charge on any atom is -0.453 e. The molecule has 58 heavy (non-hydrogen) atoms. The number of nitrogens with one attached hydrogen (secondary N) is 3. The SMILES string of the molecule is COC(=O)N[C@H](C(=O)N1CCC[C@H]1c1nc(C(F)(F)F)c(-c2ccc(-c3ncc(-c4cnc([C@@H]5CCCN5C(=O)[C@@](C)(OC(N)=O)C(C)C)[nH]4)cn3)cc2)[nH]1)C(C)C. The van der Waals surface area contributed by atoms with E-state index in [1.54, 1.807) is 70.2 Å². The number of amides is 4. The van der Waals surface area contributed by atoms with E-state index in [2.05, 4.69) is 40.0 Å². The number of nitrogens with zero attached hydrogens (tertiary/aromatic N) is 6. The summed E-state index contributed by atoms with van der Waals surface area (Å²) in [6.45, 7) is 9.36. The van der Waals surface area contributed by atoms with E-state index < -0.39 is 47.6 Å². The van der Waals surface area contributed by atoms with E-state index in [0.717, 1.165) is 6.42 Å². The first kappa shape index (κ1) is 41.6. The summed E-state index contributed by atoms with van der Waals surface area (Å²) in [5.74, 6) is -0.570. The molecule has 4 aromatic rings. The number of hydrogen-bond donors (Lipinski definition) is 4. The van der Waals surface area contributed by atoms with Crippen LogP contribution in [0.4, 0.5) is 22.8 Å². The van der Waals surface area contributed by atoms with Gasteiger partial charge in [0, 0.05) is 48.1 Å². The van der Waals surface area contributed by atoms with Gasteiger partial charge >= 0.3 is 18.4 Å². The van der Waals surface area contributed by atoms with Gasteiger partial charge in [0.05, 0.1) is 36.8 Å². The molecule has 4 atom stereocenters. The molecule has 4 amide bonds. The topological polar surface area (TPSA) is 214 Å². The molecule has 2 fully saturated rings. The second-order valence-corrected chi connectivity index (χ2v) is 15.3. The Morgan fingerprint density at radius 2 is 1.47 bits per heavy atom. The Hall–Kier alpha value is -6.01. The highest BCUT2D eigenvalue weighted by Gasteiger charge is 2.47. The second-order valence-electron chi connectivity index (χ2n) is 15.3. The summed E-state index contributed by atoms with van der Waals surface area (Å²) in [5, 5.41) is 2.53. The third kappa shape index (κ3) is 8.33. The van der Waals surface area contributed by atoms with Gasteiger partial charge in [-0.25, -0.2) is 29.5 Å². The van der Waals surface area contributed by atoms with Crippen LogP contribution in [0.5, 0.6) is 0 Å². The van der Waals surface area contributed by atoms with E-state index >= 15 is 0 Å². The number of likely N-dealkylation sites (tertiary alicyclic amines) is 2. The third-order valence-electron chi connectivity index (χ3n) is 10.9. The summed E-state index contributed by atoms with van der Waals surface area (Å²) in [6, 6.07) is 4.16. The monoisotopic (exact) mass is 808 g/mol. The molecule has 310 valence electrons. The number of ether oxygens (including phenoxy) is 2. The van der Waals surface area contributed by atoms with Crippen LogP contribution >= 0.6 is 0 Å². The van der Waals surface area contributed by atoms with Crippen molar-refractivity contribution in [3.63, 3.8) is 0 Å². The van der Waals surface area contributed by atoms with Crippen LogP contribution in [0.3, 0.4) is 0 Å². The number of methoxy groups -OCH3 is 1. The molecular weight excluding hydrogens is 761 g/mol. The number of aromatic amines is 2. The van der Waals surface area contributed by atoms with Crippen LogP contribution in [0.1, 0.15) is 89.7 Å². The third-order valence-corrected chi connectivity index (χ3v) is 10.9. The maximum atomic E-state index is 14.4.